The quantitative estimate of drug-likeness (QED) is 0.280. The maximum atomic E-state index is 13.1. The molecule has 1 aromatic heterocycles. The number of hydrogen-bond donors (Lipinski definition) is 1. The van der Waals surface area contributed by atoms with Crippen LogP contribution in [0.25, 0.3) is 5.69 Å². The molecule has 0 atom stereocenters. The molecule has 4 aromatic rings. The van der Waals surface area contributed by atoms with Crippen molar-refractivity contribution in [2.45, 2.75) is 37.5 Å². The van der Waals surface area contributed by atoms with Gasteiger partial charge in [-0.25, -0.2) is 0 Å². The lowest BCUT2D eigenvalue weighted by Gasteiger charge is -2.14. The summed E-state index contributed by atoms with van der Waals surface area (Å²) >= 11 is 1.24. The Kier molecular flexibility index (Phi) is 7.87. The van der Waals surface area contributed by atoms with E-state index in [0.29, 0.717) is 33.5 Å². The molecule has 0 radical (unpaired) electrons. The van der Waals surface area contributed by atoms with Crippen LogP contribution >= 0.6 is 11.8 Å². The second-order valence-electron chi connectivity index (χ2n) is 8.37. The summed E-state index contributed by atoms with van der Waals surface area (Å²) in [5.74, 6) is 1.00. The maximum absolute atomic E-state index is 13.1. The number of nitrogens with zero attached hydrogens (tertiary/aromatic N) is 3. The van der Waals surface area contributed by atoms with Gasteiger partial charge in [-0.3, -0.25) is 9.36 Å². The first kappa shape index (κ1) is 26.3. The summed E-state index contributed by atoms with van der Waals surface area (Å²) in [7, 11) is 1.54. The van der Waals surface area contributed by atoms with Crippen molar-refractivity contribution in [1.82, 2.24) is 20.1 Å². The van der Waals surface area contributed by atoms with E-state index in [9.17, 15) is 18.0 Å². The topological polar surface area (TPSA) is 69.0 Å². The molecule has 192 valence electrons. The second kappa shape index (κ2) is 11.1. The van der Waals surface area contributed by atoms with E-state index in [-0.39, 0.29) is 18.2 Å². The summed E-state index contributed by atoms with van der Waals surface area (Å²) in [5.41, 5.74) is 3.08. The number of halogens is 3. The fraction of sp³-hybridized carbons (Fsp3) is 0.222. The van der Waals surface area contributed by atoms with E-state index in [1.54, 1.807) is 29.9 Å². The van der Waals surface area contributed by atoms with Crippen molar-refractivity contribution in [3.8, 4) is 11.4 Å². The first-order valence-corrected chi connectivity index (χ1v) is 12.4. The number of rotatable bonds is 8. The number of aryl methyl sites for hydroxylation is 2. The smallest absolute Gasteiger partial charge is 0.416 e. The number of carbonyl (C=O) groups excluding carboxylic acids is 1. The van der Waals surface area contributed by atoms with Crippen LogP contribution in [0.5, 0.6) is 5.75 Å². The number of para-hydroxylation sites is 2. The largest absolute Gasteiger partial charge is 0.495 e. The van der Waals surface area contributed by atoms with Gasteiger partial charge in [0.15, 0.2) is 11.0 Å². The van der Waals surface area contributed by atoms with E-state index in [4.69, 9.17) is 4.74 Å². The Morgan fingerprint density at radius 2 is 1.78 bits per heavy atom. The maximum Gasteiger partial charge on any atom is 0.416 e. The number of hydrogen-bond acceptors (Lipinski definition) is 5. The number of thioether (sulfide) groups is 1. The molecule has 4 rings (SSSR count). The normalized spacial score (nSPS) is 11.4. The molecular weight excluding hydrogens is 501 g/mol. The molecule has 6 nitrogen and oxygen atoms in total. The van der Waals surface area contributed by atoms with Crippen LogP contribution in [-0.4, -0.2) is 27.8 Å². The highest BCUT2D eigenvalue weighted by atomic mass is 32.2. The van der Waals surface area contributed by atoms with Crippen LogP contribution in [-0.2, 0) is 18.5 Å². The van der Waals surface area contributed by atoms with Gasteiger partial charge in [0, 0.05) is 11.3 Å². The Bertz CT molecular complexity index is 1420. The Labute approximate surface area is 216 Å². The van der Waals surface area contributed by atoms with Crippen LogP contribution < -0.4 is 10.1 Å². The first-order chi connectivity index (χ1) is 17.7. The van der Waals surface area contributed by atoms with E-state index in [0.717, 1.165) is 23.3 Å². The van der Waals surface area contributed by atoms with Crippen molar-refractivity contribution in [1.29, 1.82) is 0 Å². The van der Waals surface area contributed by atoms with Crippen LogP contribution in [0.4, 0.5) is 13.2 Å². The number of carbonyl (C=O) groups is 1. The van der Waals surface area contributed by atoms with Gasteiger partial charge in [-0.2, -0.15) is 13.2 Å². The molecular formula is C27H25F3N4O2S. The molecule has 1 N–H and O–H groups in total. The standard InChI is InChI=1S/C27H25F3N4O2S/c1-17-11-12-20(13-18(17)2)25(35)31-15-24-32-33-26(34(24)22-9-4-5-10-23(22)36-3)37-16-19-7-6-8-21(14-19)27(28,29)30/h4-14H,15-16H2,1-3H3,(H,31,35). The monoisotopic (exact) mass is 526 g/mol. The SMILES string of the molecule is COc1ccccc1-n1c(CNC(=O)c2ccc(C)c(C)c2)nnc1SCc1cccc(C(F)(F)F)c1. The molecule has 0 aliphatic carbocycles. The minimum Gasteiger partial charge on any atom is -0.495 e. The predicted octanol–water partition coefficient (Wildman–Crippen LogP) is 6.13. The summed E-state index contributed by atoms with van der Waals surface area (Å²) in [5, 5.41) is 11.9. The summed E-state index contributed by atoms with van der Waals surface area (Å²) in [6.45, 7) is 4.00. The summed E-state index contributed by atoms with van der Waals surface area (Å²) in [6, 6.07) is 17.9. The third-order valence-corrected chi connectivity index (χ3v) is 6.82. The average Bonchev–Trinajstić information content (AvgIpc) is 3.29. The lowest BCUT2D eigenvalue weighted by Crippen LogP contribution is -2.25. The fourth-order valence-electron chi connectivity index (χ4n) is 3.69. The molecule has 0 bridgehead atoms. The van der Waals surface area contributed by atoms with E-state index >= 15 is 0 Å². The van der Waals surface area contributed by atoms with Crippen LogP contribution in [0.15, 0.2) is 71.9 Å². The van der Waals surface area contributed by atoms with Gasteiger partial charge < -0.3 is 10.1 Å². The van der Waals surface area contributed by atoms with Gasteiger partial charge in [-0.1, -0.05) is 48.2 Å². The van der Waals surface area contributed by atoms with Crippen molar-refractivity contribution in [2.24, 2.45) is 0 Å². The Hall–Kier alpha value is -3.79. The van der Waals surface area contributed by atoms with Crippen LogP contribution in [0.3, 0.4) is 0 Å². The first-order valence-electron chi connectivity index (χ1n) is 11.4. The van der Waals surface area contributed by atoms with E-state index in [1.807, 2.05) is 44.2 Å². The lowest BCUT2D eigenvalue weighted by molar-refractivity contribution is -0.137. The lowest BCUT2D eigenvalue weighted by atomic mass is 10.1. The minimum atomic E-state index is -4.42. The van der Waals surface area contributed by atoms with Crippen LogP contribution in [0.2, 0.25) is 0 Å². The molecule has 0 unspecified atom stereocenters. The van der Waals surface area contributed by atoms with Gasteiger partial charge in [0.2, 0.25) is 0 Å². The van der Waals surface area contributed by atoms with Gasteiger partial charge in [0.1, 0.15) is 5.75 Å². The van der Waals surface area contributed by atoms with Crippen molar-refractivity contribution in [3.63, 3.8) is 0 Å². The zero-order valence-electron chi connectivity index (χ0n) is 20.5. The highest BCUT2D eigenvalue weighted by molar-refractivity contribution is 7.98. The summed E-state index contributed by atoms with van der Waals surface area (Å²) in [6.07, 6.45) is -4.42. The predicted molar refractivity (Wildman–Crippen MR) is 136 cm³/mol. The minimum absolute atomic E-state index is 0.0843. The molecule has 1 amide bonds. The van der Waals surface area contributed by atoms with Gasteiger partial charge in [0.05, 0.1) is 24.9 Å². The highest BCUT2D eigenvalue weighted by Gasteiger charge is 2.30. The second-order valence-corrected chi connectivity index (χ2v) is 9.32. The van der Waals surface area contributed by atoms with E-state index in [2.05, 4.69) is 15.5 Å². The van der Waals surface area contributed by atoms with Crippen molar-refractivity contribution in [3.05, 3.63) is 100 Å². The van der Waals surface area contributed by atoms with Gasteiger partial charge in [-0.05, 0) is 60.9 Å². The number of alkyl halides is 3. The molecule has 37 heavy (non-hydrogen) atoms. The fourth-order valence-corrected chi connectivity index (χ4v) is 4.60. The number of benzene rings is 3. The van der Waals surface area contributed by atoms with Crippen molar-refractivity contribution < 1.29 is 22.7 Å². The third-order valence-electron chi connectivity index (χ3n) is 5.82. The van der Waals surface area contributed by atoms with Crippen LogP contribution in [0, 0.1) is 13.8 Å². The zero-order valence-corrected chi connectivity index (χ0v) is 21.3. The molecule has 0 saturated carbocycles. The Morgan fingerprint density at radius 3 is 2.51 bits per heavy atom. The summed E-state index contributed by atoms with van der Waals surface area (Å²) in [4.78, 5) is 12.8. The van der Waals surface area contributed by atoms with Crippen molar-refractivity contribution >= 4 is 17.7 Å². The number of nitrogens with one attached hydrogen (secondary N) is 1. The van der Waals surface area contributed by atoms with Gasteiger partial charge >= 0.3 is 6.18 Å². The molecule has 0 spiro atoms. The molecule has 0 aliphatic heterocycles. The molecule has 0 aliphatic rings. The number of aromatic nitrogens is 3. The van der Waals surface area contributed by atoms with E-state index in [1.165, 1.54) is 17.8 Å². The number of amides is 1. The van der Waals surface area contributed by atoms with Gasteiger partial charge in [0.25, 0.3) is 5.91 Å². The van der Waals surface area contributed by atoms with E-state index < -0.39 is 11.7 Å². The van der Waals surface area contributed by atoms with Crippen LogP contribution in [0.1, 0.15) is 38.4 Å². The summed E-state index contributed by atoms with van der Waals surface area (Å²) < 4.78 is 46.7. The molecule has 0 saturated heterocycles. The molecule has 10 heteroatoms. The zero-order chi connectivity index (χ0) is 26.6. The number of methoxy groups -OCH3 is 1. The van der Waals surface area contributed by atoms with Gasteiger partial charge in [-0.15, -0.1) is 10.2 Å². The molecule has 0 fully saturated rings. The highest BCUT2D eigenvalue weighted by Crippen LogP contribution is 2.33. The Morgan fingerprint density at radius 1 is 1.00 bits per heavy atom. The number of ether oxygens (including phenoxy) is 1. The van der Waals surface area contributed by atoms with Crippen molar-refractivity contribution in [2.75, 3.05) is 7.11 Å². The molecule has 1 heterocycles. The average molecular weight is 527 g/mol. The third kappa shape index (κ3) is 6.14. The molecule has 3 aromatic carbocycles. The Balaban J connectivity index is 1.61.